The first-order chi connectivity index (χ1) is 28.9. The molecular formula is C40H60Cl2N4O13S. The summed E-state index contributed by atoms with van der Waals surface area (Å²) in [5.74, 6) is -2.31. The van der Waals surface area contributed by atoms with Crippen LogP contribution in [0.4, 0.5) is 5.82 Å². The number of pyridine rings is 1. The monoisotopic (exact) mass is 906 g/mol. The molecule has 0 atom stereocenters. The van der Waals surface area contributed by atoms with E-state index in [0.29, 0.717) is 6.61 Å². The van der Waals surface area contributed by atoms with Crippen molar-refractivity contribution in [1.82, 2.24) is 15.6 Å². The molecule has 5 N–H and O–H groups in total. The number of halogens is 2. The van der Waals surface area contributed by atoms with Crippen LogP contribution in [0.15, 0.2) is 35.4 Å². The van der Waals surface area contributed by atoms with Gasteiger partial charge in [-0.25, -0.2) is 18.2 Å². The third-order valence-electron chi connectivity index (χ3n) is 8.66. The van der Waals surface area contributed by atoms with Crippen molar-refractivity contribution in [2.75, 3.05) is 77.3 Å². The van der Waals surface area contributed by atoms with Crippen LogP contribution in [-0.2, 0) is 43.4 Å². The summed E-state index contributed by atoms with van der Waals surface area (Å²) in [6.45, 7) is 1.39. The Morgan fingerprint density at radius 1 is 0.600 bits per heavy atom. The average molecular weight is 908 g/mol. The molecule has 2 rings (SSSR count). The molecule has 0 aliphatic heterocycles. The van der Waals surface area contributed by atoms with Gasteiger partial charge in [0.1, 0.15) is 34.7 Å². The van der Waals surface area contributed by atoms with Crippen molar-refractivity contribution in [3.63, 3.8) is 0 Å². The van der Waals surface area contributed by atoms with E-state index in [2.05, 4.69) is 20.3 Å². The van der Waals surface area contributed by atoms with Crippen molar-refractivity contribution >= 4 is 62.8 Å². The number of unbranched alkanes of at least 4 members (excludes halogenated alkanes) is 12. The van der Waals surface area contributed by atoms with Gasteiger partial charge in [0.05, 0.1) is 56.8 Å². The molecule has 1 heterocycles. The fraction of sp³-hybridized carbons (Fsp3) is 0.625. The van der Waals surface area contributed by atoms with Crippen molar-refractivity contribution in [3.8, 4) is 5.75 Å². The third kappa shape index (κ3) is 24.5. The van der Waals surface area contributed by atoms with E-state index in [9.17, 15) is 27.6 Å². The van der Waals surface area contributed by atoms with Gasteiger partial charge in [-0.3, -0.25) is 19.1 Å². The molecule has 0 fully saturated rings. The molecule has 0 aliphatic carbocycles. The first kappa shape index (κ1) is 52.4. The van der Waals surface area contributed by atoms with Gasteiger partial charge in [-0.1, -0.05) is 93.8 Å². The zero-order valence-electron chi connectivity index (χ0n) is 34.1. The minimum atomic E-state index is -4.19. The van der Waals surface area contributed by atoms with Crippen molar-refractivity contribution < 1.29 is 61.5 Å². The number of hydrogen-bond donors (Lipinski definition) is 5. The Morgan fingerprint density at radius 2 is 1.15 bits per heavy atom. The first-order valence-corrected chi connectivity index (χ1v) is 22.5. The second-order valence-electron chi connectivity index (χ2n) is 13.6. The van der Waals surface area contributed by atoms with Gasteiger partial charge in [0, 0.05) is 25.7 Å². The Bertz CT molecular complexity index is 1670. The number of anilines is 1. The number of sulfonamides is 1. The molecule has 338 valence electrons. The number of hydrogen-bond acceptors (Lipinski definition) is 12. The summed E-state index contributed by atoms with van der Waals surface area (Å²) in [5, 5.41) is 22.2. The van der Waals surface area contributed by atoms with Gasteiger partial charge in [-0.2, -0.15) is 0 Å². The number of benzene rings is 1. The summed E-state index contributed by atoms with van der Waals surface area (Å²) in [4.78, 5) is 48.9. The molecule has 2 aromatic rings. The molecule has 17 nitrogen and oxygen atoms in total. The molecule has 1 aromatic heterocycles. The highest BCUT2D eigenvalue weighted by Gasteiger charge is 2.23. The molecule has 0 radical (unpaired) electrons. The quantitative estimate of drug-likeness (QED) is 0.0481. The van der Waals surface area contributed by atoms with Crippen molar-refractivity contribution in [3.05, 3.63) is 46.1 Å². The number of carbonyl (C=O) groups is 4. The van der Waals surface area contributed by atoms with Crippen LogP contribution in [0, 0.1) is 0 Å². The van der Waals surface area contributed by atoms with E-state index in [1.54, 1.807) is 0 Å². The second-order valence-corrected chi connectivity index (χ2v) is 16.1. The zero-order valence-corrected chi connectivity index (χ0v) is 36.4. The molecule has 0 saturated carbocycles. The van der Waals surface area contributed by atoms with E-state index in [4.69, 9.17) is 57.1 Å². The Balaban J connectivity index is 1.56. The lowest BCUT2D eigenvalue weighted by molar-refractivity contribution is -0.143. The Labute approximate surface area is 362 Å². The SMILES string of the molecule is O=C(O)CCCCCCCCCCCCCCCOc1ccc(S(=O)(=O)Nc2ccc(C(=O)NCCOCCOCC(=O)NCCOCCOCC(=O)O)cn2)c(Cl)c1Cl. The normalized spacial score (nSPS) is 11.3. The minimum Gasteiger partial charge on any atom is -0.492 e. The molecule has 0 saturated heterocycles. The van der Waals surface area contributed by atoms with E-state index >= 15 is 0 Å². The van der Waals surface area contributed by atoms with E-state index in [0.717, 1.165) is 44.9 Å². The van der Waals surface area contributed by atoms with Crippen LogP contribution in [0.25, 0.3) is 0 Å². The molecule has 0 unspecified atom stereocenters. The number of nitrogens with one attached hydrogen (secondary N) is 3. The van der Waals surface area contributed by atoms with Gasteiger partial charge in [0.25, 0.3) is 15.9 Å². The molecular weight excluding hydrogens is 847 g/mol. The average Bonchev–Trinajstić information content (AvgIpc) is 3.20. The number of amides is 2. The van der Waals surface area contributed by atoms with E-state index in [1.807, 2.05) is 0 Å². The van der Waals surface area contributed by atoms with Crippen LogP contribution in [0.1, 0.15) is 100 Å². The lowest BCUT2D eigenvalue weighted by atomic mass is 10.0. The van der Waals surface area contributed by atoms with E-state index in [-0.39, 0.29) is 104 Å². The van der Waals surface area contributed by atoms with Crippen LogP contribution in [0.3, 0.4) is 0 Å². The number of aromatic nitrogens is 1. The van der Waals surface area contributed by atoms with Gasteiger partial charge < -0.3 is 44.5 Å². The number of rotatable bonds is 37. The lowest BCUT2D eigenvalue weighted by Gasteiger charge is -2.13. The maximum Gasteiger partial charge on any atom is 0.329 e. The van der Waals surface area contributed by atoms with Crippen LogP contribution >= 0.6 is 23.2 Å². The van der Waals surface area contributed by atoms with Crippen molar-refractivity contribution in [2.45, 2.75) is 94.8 Å². The molecule has 0 bridgehead atoms. The van der Waals surface area contributed by atoms with Gasteiger partial charge in [0.2, 0.25) is 5.91 Å². The van der Waals surface area contributed by atoms with Crippen molar-refractivity contribution in [1.29, 1.82) is 0 Å². The number of nitrogens with zero attached hydrogens (tertiary/aromatic N) is 1. The summed E-state index contributed by atoms with van der Waals surface area (Å²) in [5.41, 5.74) is 0.192. The molecule has 60 heavy (non-hydrogen) atoms. The Kier molecular flexibility index (Phi) is 27.9. The van der Waals surface area contributed by atoms with E-state index < -0.39 is 34.5 Å². The van der Waals surface area contributed by atoms with Gasteiger partial charge >= 0.3 is 11.9 Å². The summed E-state index contributed by atoms with van der Waals surface area (Å²) < 4.78 is 55.1. The van der Waals surface area contributed by atoms with Gasteiger partial charge in [-0.15, -0.1) is 0 Å². The summed E-state index contributed by atoms with van der Waals surface area (Å²) >= 11 is 12.8. The van der Waals surface area contributed by atoms with Crippen LogP contribution in [-0.4, -0.2) is 120 Å². The van der Waals surface area contributed by atoms with E-state index in [1.165, 1.54) is 69.0 Å². The smallest absolute Gasteiger partial charge is 0.329 e. The highest BCUT2D eigenvalue weighted by Crippen LogP contribution is 2.37. The fourth-order valence-electron chi connectivity index (χ4n) is 5.54. The van der Waals surface area contributed by atoms with Gasteiger partial charge in [-0.05, 0) is 37.1 Å². The number of ether oxygens (including phenoxy) is 5. The summed E-state index contributed by atoms with van der Waals surface area (Å²) in [7, 11) is -4.19. The maximum atomic E-state index is 13.1. The summed E-state index contributed by atoms with van der Waals surface area (Å²) in [6, 6.07) is 5.53. The standard InChI is InChI=1S/C40H60Cl2N4O13S/c41-38-32(59-21-13-11-9-7-5-3-1-2-4-6-8-10-12-14-36(48)49)16-17-33(39(38)42)60(53,54)46-34-18-15-31(28-45-34)40(52)44-20-23-56-24-26-57-29-35(47)43-19-22-55-25-27-58-30-37(50)51/h15-18,28H,1-14,19-27,29-30H2,(H,43,47)(H,44,52)(H,45,46)(H,48,49)(H,50,51). The third-order valence-corrected chi connectivity index (χ3v) is 11.0. The number of carboxylic acids is 2. The minimum absolute atomic E-state index is 0.0152. The van der Waals surface area contributed by atoms with Crippen molar-refractivity contribution in [2.24, 2.45) is 0 Å². The van der Waals surface area contributed by atoms with Gasteiger partial charge in [0.15, 0.2) is 0 Å². The molecule has 20 heteroatoms. The highest BCUT2D eigenvalue weighted by molar-refractivity contribution is 7.92. The second kappa shape index (κ2) is 32.0. The molecule has 0 spiro atoms. The predicted molar refractivity (Wildman–Crippen MR) is 226 cm³/mol. The first-order valence-electron chi connectivity index (χ1n) is 20.3. The fourth-order valence-corrected chi connectivity index (χ4v) is 7.36. The zero-order chi connectivity index (χ0) is 43.9. The number of carboxylic acid groups (broad SMARTS) is 2. The maximum absolute atomic E-state index is 13.1. The number of aliphatic carboxylic acids is 2. The predicted octanol–water partition coefficient (Wildman–Crippen LogP) is 6.11. The van der Waals surface area contributed by atoms with Crippen LogP contribution in [0.2, 0.25) is 10.0 Å². The lowest BCUT2D eigenvalue weighted by Crippen LogP contribution is -2.31. The largest absolute Gasteiger partial charge is 0.492 e. The number of carbonyl (C=O) groups excluding carboxylic acids is 2. The Morgan fingerprint density at radius 3 is 1.72 bits per heavy atom. The molecule has 2 amide bonds. The van der Waals surface area contributed by atoms with Crippen LogP contribution < -0.4 is 20.1 Å². The topological polar surface area (TPSA) is 238 Å². The summed E-state index contributed by atoms with van der Waals surface area (Å²) in [6.07, 6.45) is 15.7. The highest BCUT2D eigenvalue weighted by atomic mass is 35.5. The molecule has 1 aromatic carbocycles. The Hall–Kier alpha value is -3.78. The van der Waals surface area contributed by atoms with Crippen LogP contribution in [0.5, 0.6) is 5.75 Å². The molecule has 0 aliphatic rings.